The van der Waals surface area contributed by atoms with Crippen molar-refractivity contribution in [1.82, 2.24) is 0 Å². The molecule has 0 saturated heterocycles. The molecule has 3 rings (SSSR count). The number of nitro benzene ring substituents is 1. The molecule has 10 nitrogen and oxygen atoms in total. The molecule has 1 N–H and O–H groups in total. The lowest BCUT2D eigenvalue weighted by atomic mass is 10.1. The Bertz CT molecular complexity index is 1190. The quantitative estimate of drug-likeness (QED) is 0.302. The van der Waals surface area contributed by atoms with E-state index in [-0.39, 0.29) is 28.6 Å². The summed E-state index contributed by atoms with van der Waals surface area (Å²) >= 11 is 1.28. The summed E-state index contributed by atoms with van der Waals surface area (Å²) in [4.78, 5) is 49.7. The Balaban J connectivity index is 1.67. The number of anilines is 2. The molecule has 0 saturated carbocycles. The van der Waals surface area contributed by atoms with E-state index >= 15 is 0 Å². The van der Waals surface area contributed by atoms with E-state index in [2.05, 4.69) is 5.32 Å². The highest BCUT2D eigenvalue weighted by Crippen LogP contribution is 2.29. The van der Waals surface area contributed by atoms with Crippen molar-refractivity contribution in [2.45, 2.75) is 0 Å². The second-order valence-electron chi connectivity index (χ2n) is 6.62. The Hall–Kier alpha value is -4.25. The van der Waals surface area contributed by atoms with Gasteiger partial charge in [0.15, 0.2) is 6.61 Å². The van der Waals surface area contributed by atoms with Crippen molar-refractivity contribution in [1.29, 1.82) is 0 Å². The molecule has 170 valence electrons. The second-order valence-corrected chi connectivity index (χ2v) is 7.57. The molecule has 0 aliphatic carbocycles. The van der Waals surface area contributed by atoms with Crippen LogP contribution < -0.4 is 15.0 Å². The number of para-hydroxylation sites is 1. The Kier molecular flexibility index (Phi) is 7.36. The maximum Gasteiger partial charge on any atom is 0.340 e. The number of carbonyl (C=O) groups excluding carboxylic acids is 3. The van der Waals surface area contributed by atoms with Crippen molar-refractivity contribution < 1.29 is 28.8 Å². The molecule has 0 fully saturated rings. The Morgan fingerprint density at radius 3 is 2.55 bits per heavy atom. The first-order valence-corrected chi connectivity index (χ1v) is 10.4. The fraction of sp³-hybridized carbons (Fsp3) is 0.136. The van der Waals surface area contributed by atoms with E-state index in [4.69, 9.17) is 9.47 Å². The van der Waals surface area contributed by atoms with Crippen molar-refractivity contribution in [2.75, 3.05) is 31.0 Å². The van der Waals surface area contributed by atoms with E-state index in [1.165, 1.54) is 41.5 Å². The number of hydrogen-bond acceptors (Lipinski definition) is 8. The third-order valence-corrected chi connectivity index (χ3v) is 5.38. The number of nitrogens with zero attached hydrogens (tertiary/aromatic N) is 2. The average molecular weight is 469 g/mol. The van der Waals surface area contributed by atoms with Crippen LogP contribution >= 0.6 is 11.3 Å². The molecule has 0 atom stereocenters. The molecule has 0 spiro atoms. The lowest BCUT2D eigenvalue weighted by molar-refractivity contribution is -0.384. The molecule has 0 aliphatic heterocycles. The maximum atomic E-state index is 12.6. The van der Waals surface area contributed by atoms with Gasteiger partial charge < -0.3 is 19.7 Å². The molecule has 0 radical (unpaired) electrons. The minimum absolute atomic E-state index is 0.0861. The highest BCUT2D eigenvalue weighted by molar-refractivity contribution is 7.12. The number of nitro groups is 1. The van der Waals surface area contributed by atoms with Crippen molar-refractivity contribution >= 4 is 46.2 Å². The largest absolute Gasteiger partial charge is 0.494 e. The van der Waals surface area contributed by atoms with Crippen LogP contribution in [0.4, 0.5) is 17.1 Å². The highest BCUT2D eigenvalue weighted by Gasteiger charge is 2.22. The van der Waals surface area contributed by atoms with Crippen LogP contribution in [-0.4, -0.2) is 43.5 Å². The molecule has 0 bridgehead atoms. The summed E-state index contributed by atoms with van der Waals surface area (Å²) < 4.78 is 10.2. The van der Waals surface area contributed by atoms with E-state index in [0.717, 1.165) is 6.07 Å². The molecule has 0 aliphatic rings. The van der Waals surface area contributed by atoms with Crippen LogP contribution in [0, 0.1) is 10.1 Å². The van der Waals surface area contributed by atoms with Crippen molar-refractivity contribution in [3.63, 3.8) is 0 Å². The molecular weight excluding hydrogens is 450 g/mol. The zero-order valence-electron chi connectivity index (χ0n) is 17.6. The standard InChI is InChI=1S/C22H19N3O7S/c1-24(21(27)19-8-5-11-33-19)17-7-4-3-6-15(17)22(28)32-13-20(26)23-16-10-9-14(25(29)30)12-18(16)31-2/h3-12H,13H2,1-2H3,(H,23,26). The van der Waals surface area contributed by atoms with Crippen LogP contribution in [0.3, 0.4) is 0 Å². The van der Waals surface area contributed by atoms with Gasteiger partial charge in [0.05, 0.1) is 39.9 Å². The Morgan fingerprint density at radius 2 is 1.88 bits per heavy atom. The molecular formula is C22H19N3O7S. The van der Waals surface area contributed by atoms with Gasteiger partial charge in [0.1, 0.15) is 5.75 Å². The van der Waals surface area contributed by atoms with Gasteiger partial charge in [-0.05, 0) is 29.6 Å². The first kappa shape index (κ1) is 23.4. The summed E-state index contributed by atoms with van der Waals surface area (Å²) in [5.41, 5.74) is 0.434. The molecule has 33 heavy (non-hydrogen) atoms. The van der Waals surface area contributed by atoms with Gasteiger partial charge in [-0.25, -0.2) is 4.79 Å². The fourth-order valence-electron chi connectivity index (χ4n) is 2.91. The van der Waals surface area contributed by atoms with Gasteiger partial charge in [-0.15, -0.1) is 11.3 Å². The number of ether oxygens (including phenoxy) is 2. The number of carbonyl (C=O) groups is 3. The van der Waals surface area contributed by atoms with E-state index in [0.29, 0.717) is 10.6 Å². The Morgan fingerprint density at radius 1 is 1.12 bits per heavy atom. The smallest absolute Gasteiger partial charge is 0.340 e. The second kappa shape index (κ2) is 10.4. The van der Waals surface area contributed by atoms with Gasteiger partial charge in [-0.1, -0.05) is 18.2 Å². The summed E-state index contributed by atoms with van der Waals surface area (Å²) in [7, 11) is 2.85. The van der Waals surface area contributed by atoms with Crippen LogP contribution in [0.2, 0.25) is 0 Å². The molecule has 3 aromatic rings. The van der Waals surface area contributed by atoms with Crippen LogP contribution in [0.1, 0.15) is 20.0 Å². The zero-order valence-corrected chi connectivity index (χ0v) is 18.5. The number of nitrogens with one attached hydrogen (secondary N) is 1. The SMILES string of the molecule is COc1cc([N+](=O)[O-])ccc1NC(=O)COC(=O)c1ccccc1N(C)C(=O)c1cccs1. The van der Waals surface area contributed by atoms with Crippen LogP contribution in [0.15, 0.2) is 60.0 Å². The minimum atomic E-state index is -0.790. The topological polar surface area (TPSA) is 128 Å². The fourth-order valence-corrected chi connectivity index (χ4v) is 3.60. The average Bonchev–Trinajstić information content (AvgIpc) is 3.36. The summed E-state index contributed by atoms with van der Waals surface area (Å²) in [5, 5.41) is 15.1. The normalized spacial score (nSPS) is 10.2. The zero-order chi connectivity index (χ0) is 24.0. The van der Waals surface area contributed by atoms with Gasteiger partial charge in [0.2, 0.25) is 0 Å². The van der Waals surface area contributed by atoms with Gasteiger partial charge in [-0.2, -0.15) is 0 Å². The molecule has 11 heteroatoms. The van der Waals surface area contributed by atoms with E-state index in [1.54, 1.807) is 42.8 Å². The van der Waals surface area contributed by atoms with Crippen molar-refractivity contribution in [3.05, 3.63) is 80.5 Å². The van der Waals surface area contributed by atoms with Crippen molar-refractivity contribution in [2.24, 2.45) is 0 Å². The monoisotopic (exact) mass is 469 g/mol. The summed E-state index contributed by atoms with van der Waals surface area (Å²) in [5.74, 6) is -1.66. The maximum absolute atomic E-state index is 12.6. The van der Waals surface area contributed by atoms with E-state index in [1.807, 2.05) is 0 Å². The van der Waals surface area contributed by atoms with Gasteiger partial charge in [0, 0.05) is 13.1 Å². The first-order chi connectivity index (χ1) is 15.8. The van der Waals surface area contributed by atoms with Crippen LogP contribution in [0.5, 0.6) is 5.75 Å². The number of non-ortho nitro benzene ring substituents is 1. The van der Waals surface area contributed by atoms with E-state index < -0.39 is 23.4 Å². The Labute approximate surface area is 192 Å². The van der Waals surface area contributed by atoms with Gasteiger partial charge in [0.25, 0.3) is 17.5 Å². The number of methoxy groups -OCH3 is 1. The third-order valence-electron chi connectivity index (χ3n) is 4.53. The van der Waals surface area contributed by atoms with Crippen molar-refractivity contribution in [3.8, 4) is 5.75 Å². The van der Waals surface area contributed by atoms with Crippen LogP contribution in [0.25, 0.3) is 0 Å². The van der Waals surface area contributed by atoms with Gasteiger partial charge >= 0.3 is 5.97 Å². The number of thiophene rings is 1. The lowest BCUT2D eigenvalue weighted by Gasteiger charge is -2.19. The summed E-state index contributed by atoms with van der Waals surface area (Å²) in [6.45, 7) is -0.615. The minimum Gasteiger partial charge on any atom is -0.494 e. The predicted octanol–water partition coefficient (Wildman–Crippen LogP) is 3.74. The van der Waals surface area contributed by atoms with Crippen LogP contribution in [-0.2, 0) is 9.53 Å². The third kappa shape index (κ3) is 5.52. The molecule has 1 aromatic heterocycles. The molecule has 2 amide bonds. The molecule has 1 heterocycles. The summed E-state index contributed by atoms with van der Waals surface area (Å²) in [6.07, 6.45) is 0. The van der Waals surface area contributed by atoms with Gasteiger partial charge in [-0.3, -0.25) is 19.7 Å². The summed E-state index contributed by atoms with van der Waals surface area (Å²) in [6, 6.07) is 13.5. The first-order valence-electron chi connectivity index (χ1n) is 9.51. The number of rotatable bonds is 8. The highest BCUT2D eigenvalue weighted by atomic mass is 32.1. The number of amides is 2. The molecule has 2 aromatic carbocycles. The molecule has 0 unspecified atom stereocenters. The number of hydrogen-bond donors (Lipinski definition) is 1. The number of benzene rings is 2. The predicted molar refractivity (Wildman–Crippen MR) is 122 cm³/mol. The lowest BCUT2D eigenvalue weighted by Crippen LogP contribution is -2.28. The number of esters is 1. The van der Waals surface area contributed by atoms with E-state index in [9.17, 15) is 24.5 Å².